The number of carbonyl (C=O) groups excluding carboxylic acids is 1. The minimum Gasteiger partial charge on any atom is -0.352 e. The molecular weight excluding hydrogens is 336 g/mol. The SMILES string of the molecule is Cc1ccc(CCNC(=O)N2CCN(c3ncccc3Cl)CC2)cc1. The molecule has 2 amide bonds. The van der Waals surface area contributed by atoms with Crippen LogP contribution in [0.1, 0.15) is 11.1 Å². The maximum absolute atomic E-state index is 12.3. The third-order valence-corrected chi connectivity index (χ3v) is 4.71. The van der Waals surface area contributed by atoms with Gasteiger partial charge in [0.1, 0.15) is 5.82 Å². The second-order valence-electron chi connectivity index (χ2n) is 6.25. The number of anilines is 1. The van der Waals surface area contributed by atoms with Crippen molar-refractivity contribution in [2.45, 2.75) is 13.3 Å². The van der Waals surface area contributed by atoms with E-state index in [1.165, 1.54) is 11.1 Å². The van der Waals surface area contributed by atoms with Crippen LogP contribution >= 0.6 is 11.6 Å². The Labute approximate surface area is 153 Å². The first kappa shape index (κ1) is 17.5. The van der Waals surface area contributed by atoms with Crippen LogP contribution in [-0.4, -0.2) is 48.6 Å². The van der Waals surface area contributed by atoms with Crippen molar-refractivity contribution in [3.05, 3.63) is 58.7 Å². The first-order valence-electron chi connectivity index (χ1n) is 8.57. The summed E-state index contributed by atoms with van der Waals surface area (Å²) < 4.78 is 0. The summed E-state index contributed by atoms with van der Waals surface area (Å²) in [5, 5.41) is 3.66. The van der Waals surface area contributed by atoms with Gasteiger partial charge in [-0.1, -0.05) is 41.4 Å². The summed E-state index contributed by atoms with van der Waals surface area (Å²) >= 11 is 6.20. The van der Waals surface area contributed by atoms with E-state index < -0.39 is 0 Å². The number of piperazine rings is 1. The molecule has 1 aliphatic heterocycles. The maximum Gasteiger partial charge on any atom is 0.317 e. The van der Waals surface area contributed by atoms with Crippen LogP contribution in [0.5, 0.6) is 0 Å². The number of urea groups is 1. The molecule has 1 aliphatic rings. The van der Waals surface area contributed by atoms with Crippen molar-refractivity contribution in [1.29, 1.82) is 0 Å². The van der Waals surface area contributed by atoms with E-state index in [0.29, 0.717) is 24.7 Å². The number of carbonyl (C=O) groups is 1. The molecule has 0 bridgehead atoms. The molecule has 3 rings (SSSR count). The van der Waals surface area contributed by atoms with Crippen LogP contribution < -0.4 is 10.2 Å². The van der Waals surface area contributed by atoms with Gasteiger partial charge in [0.2, 0.25) is 0 Å². The molecule has 0 saturated carbocycles. The fourth-order valence-corrected chi connectivity index (χ4v) is 3.15. The Bertz CT molecular complexity index is 712. The van der Waals surface area contributed by atoms with Gasteiger partial charge in [0.05, 0.1) is 5.02 Å². The fourth-order valence-electron chi connectivity index (χ4n) is 2.91. The molecule has 0 aliphatic carbocycles. The van der Waals surface area contributed by atoms with Crippen LogP contribution in [0.25, 0.3) is 0 Å². The average Bonchev–Trinajstić information content (AvgIpc) is 2.64. The fraction of sp³-hybridized carbons (Fsp3) is 0.368. The van der Waals surface area contributed by atoms with E-state index in [0.717, 1.165) is 25.3 Å². The molecule has 25 heavy (non-hydrogen) atoms. The van der Waals surface area contributed by atoms with Gasteiger partial charge in [-0.25, -0.2) is 9.78 Å². The number of hydrogen-bond acceptors (Lipinski definition) is 3. The van der Waals surface area contributed by atoms with Crippen LogP contribution in [0, 0.1) is 6.92 Å². The van der Waals surface area contributed by atoms with Crippen LogP contribution in [-0.2, 0) is 6.42 Å². The van der Waals surface area contributed by atoms with Crippen molar-refractivity contribution >= 4 is 23.4 Å². The summed E-state index contributed by atoms with van der Waals surface area (Å²) in [5.41, 5.74) is 2.49. The Kier molecular flexibility index (Phi) is 5.76. The normalized spacial score (nSPS) is 14.5. The monoisotopic (exact) mass is 358 g/mol. The molecule has 2 aromatic rings. The molecule has 1 fully saturated rings. The number of aryl methyl sites for hydroxylation is 1. The van der Waals surface area contributed by atoms with Gasteiger partial charge in [0.15, 0.2) is 0 Å². The molecule has 0 atom stereocenters. The third kappa shape index (κ3) is 4.63. The summed E-state index contributed by atoms with van der Waals surface area (Å²) in [6.45, 7) is 5.54. The van der Waals surface area contributed by atoms with Crippen LogP contribution in [0.3, 0.4) is 0 Å². The van der Waals surface area contributed by atoms with Gasteiger partial charge in [-0.05, 0) is 31.0 Å². The Morgan fingerprint density at radius 1 is 1.16 bits per heavy atom. The predicted octanol–water partition coefficient (Wildman–Crippen LogP) is 3.12. The van der Waals surface area contributed by atoms with Crippen molar-refractivity contribution in [2.24, 2.45) is 0 Å². The zero-order valence-corrected chi connectivity index (χ0v) is 15.2. The lowest BCUT2D eigenvalue weighted by atomic mass is 10.1. The van der Waals surface area contributed by atoms with E-state index in [-0.39, 0.29) is 6.03 Å². The predicted molar refractivity (Wildman–Crippen MR) is 101 cm³/mol. The zero-order chi connectivity index (χ0) is 17.6. The van der Waals surface area contributed by atoms with Gasteiger partial charge >= 0.3 is 6.03 Å². The molecule has 0 unspecified atom stereocenters. The van der Waals surface area contributed by atoms with Crippen molar-refractivity contribution < 1.29 is 4.79 Å². The molecule has 0 spiro atoms. The maximum atomic E-state index is 12.3. The van der Waals surface area contributed by atoms with Crippen LogP contribution in [0.15, 0.2) is 42.6 Å². The highest BCUT2D eigenvalue weighted by atomic mass is 35.5. The molecule has 1 N–H and O–H groups in total. The molecule has 1 aromatic carbocycles. The quantitative estimate of drug-likeness (QED) is 0.913. The number of pyridine rings is 1. The van der Waals surface area contributed by atoms with Crippen LogP contribution in [0.4, 0.5) is 10.6 Å². The highest BCUT2D eigenvalue weighted by molar-refractivity contribution is 6.32. The van der Waals surface area contributed by atoms with E-state index >= 15 is 0 Å². The summed E-state index contributed by atoms with van der Waals surface area (Å²) in [4.78, 5) is 20.6. The van der Waals surface area contributed by atoms with Gasteiger partial charge in [-0.2, -0.15) is 0 Å². The first-order chi connectivity index (χ1) is 12.1. The van der Waals surface area contributed by atoms with Gasteiger partial charge < -0.3 is 15.1 Å². The van der Waals surface area contributed by atoms with E-state index in [1.54, 1.807) is 6.20 Å². The number of hydrogen-bond donors (Lipinski definition) is 1. The molecule has 132 valence electrons. The number of nitrogens with one attached hydrogen (secondary N) is 1. The summed E-state index contributed by atoms with van der Waals surface area (Å²) in [5.74, 6) is 0.795. The average molecular weight is 359 g/mol. The van der Waals surface area contributed by atoms with Crippen molar-refractivity contribution in [3.63, 3.8) is 0 Å². The Morgan fingerprint density at radius 3 is 2.56 bits per heavy atom. The van der Waals surface area contributed by atoms with Crippen LogP contribution in [0.2, 0.25) is 5.02 Å². The first-order valence-corrected chi connectivity index (χ1v) is 8.95. The molecule has 6 heteroatoms. The lowest BCUT2D eigenvalue weighted by molar-refractivity contribution is 0.194. The van der Waals surface area contributed by atoms with Gasteiger partial charge in [0.25, 0.3) is 0 Å². The van der Waals surface area contributed by atoms with Gasteiger partial charge in [-0.3, -0.25) is 0 Å². The summed E-state index contributed by atoms with van der Waals surface area (Å²) in [6.07, 6.45) is 2.58. The minimum absolute atomic E-state index is 0.00104. The molecule has 1 saturated heterocycles. The lowest BCUT2D eigenvalue weighted by Crippen LogP contribution is -2.52. The third-order valence-electron chi connectivity index (χ3n) is 4.42. The molecule has 0 radical (unpaired) electrons. The topological polar surface area (TPSA) is 48.5 Å². The molecule has 2 heterocycles. The number of nitrogens with zero attached hydrogens (tertiary/aromatic N) is 3. The minimum atomic E-state index is -0.00104. The van der Waals surface area contributed by atoms with Gasteiger partial charge in [0, 0.05) is 38.9 Å². The highest BCUT2D eigenvalue weighted by Crippen LogP contribution is 2.23. The number of aromatic nitrogens is 1. The van der Waals surface area contributed by atoms with E-state index in [2.05, 4.69) is 46.4 Å². The Morgan fingerprint density at radius 2 is 1.88 bits per heavy atom. The number of rotatable bonds is 4. The molecule has 1 aromatic heterocycles. The van der Waals surface area contributed by atoms with Crippen molar-refractivity contribution in [1.82, 2.24) is 15.2 Å². The Balaban J connectivity index is 1.44. The molecular formula is C19H23ClN4O. The largest absolute Gasteiger partial charge is 0.352 e. The standard InChI is InChI=1S/C19H23ClN4O/c1-15-4-6-16(7-5-15)8-10-22-19(25)24-13-11-23(12-14-24)18-17(20)3-2-9-21-18/h2-7,9H,8,10-14H2,1H3,(H,22,25). The second-order valence-corrected chi connectivity index (χ2v) is 6.66. The smallest absolute Gasteiger partial charge is 0.317 e. The van der Waals surface area contributed by atoms with E-state index in [4.69, 9.17) is 11.6 Å². The van der Waals surface area contributed by atoms with Crippen molar-refractivity contribution in [3.8, 4) is 0 Å². The van der Waals surface area contributed by atoms with E-state index in [9.17, 15) is 4.79 Å². The summed E-state index contributed by atoms with van der Waals surface area (Å²) in [6, 6.07) is 12.1. The summed E-state index contributed by atoms with van der Waals surface area (Å²) in [7, 11) is 0. The zero-order valence-electron chi connectivity index (χ0n) is 14.4. The number of amides is 2. The lowest BCUT2D eigenvalue weighted by Gasteiger charge is -2.35. The highest BCUT2D eigenvalue weighted by Gasteiger charge is 2.22. The van der Waals surface area contributed by atoms with Gasteiger partial charge in [-0.15, -0.1) is 0 Å². The number of benzene rings is 1. The number of halogens is 1. The van der Waals surface area contributed by atoms with E-state index in [1.807, 2.05) is 17.0 Å². The second kappa shape index (κ2) is 8.21. The van der Waals surface area contributed by atoms with Crippen molar-refractivity contribution in [2.75, 3.05) is 37.6 Å². The Hall–Kier alpha value is -2.27. The molecule has 5 nitrogen and oxygen atoms in total.